The van der Waals surface area contributed by atoms with Crippen LogP contribution in [0.1, 0.15) is 54.4 Å². The van der Waals surface area contributed by atoms with Crippen molar-refractivity contribution in [1.29, 1.82) is 0 Å². The summed E-state index contributed by atoms with van der Waals surface area (Å²) in [6.07, 6.45) is 2.11. The Labute approximate surface area is 128 Å². The minimum atomic E-state index is -0.139. The van der Waals surface area contributed by atoms with E-state index in [4.69, 9.17) is 19.5 Å². The van der Waals surface area contributed by atoms with Crippen molar-refractivity contribution < 1.29 is 9.47 Å². The first-order valence-electron chi connectivity index (χ1n) is 8.05. The summed E-state index contributed by atoms with van der Waals surface area (Å²) in [6.45, 7) is 14.7. The summed E-state index contributed by atoms with van der Waals surface area (Å²) in [4.78, 5) is 9.72. The number of ether oxygens (including phenoxy) is 2. The van der Waals surface area contributed by atoms with Crippen LogP contribution in [0, 0.1) is 16.2 Å². The van der Waals surface area contributed by atoms with E-state index in [2.05, 4.69) is 41.5 Å². The fourth-order valence-corrected chi connectivity index (χ4v) is 2.80. The highest BCUT2D eigenvalue weighted by Gasteiger charge is 2.59. The van der Waals surface area contributed by atoms with E-state index in [-0.39, 0.29) is 28.3 Å². The number of hydrogen-bond acceptors (Lipinski definition) is 4. The molecule has 0 unspecified atom stereocenters. The minimum Gasteiger partial charge on any atom is -0.478 e. The molecule has 2 atom stereocenters. The highest BCUT2D eigenvalue weighted by molar-refractivity contribution is 6.09. The summed E-state index contributed by atoms with van der Waals surface area (Å²) in [5, 5.41) is 0. The van der Waals surface area contributed by atoms with Gasteiger partial charge in [0.2, 0.25) is 0 Å². The second-order valence-corrected chi connectivity index (χ2v) is 8.84. The van der Waals surface area contributed by atoms with E-state index in [1.165, 1.54) is 0 Å². The Hall–Kier alpha value is -1.06. The Morgan fingerprint density at radius 1 is 0.810 bits per heavy atom. The Balaban J connectivity index is 1.81. The molecule has 0 amide bonds. The Morgan fingerprint density at radius 2 is 1.19 bits per heavy atom. The van der Waals surface area contributed by atoms with Crippen LogP contribution in [0.15, 0.2) is 9.98 Å². The summed E-state index contributed by atoms with van der Waals surface area (Å²) < 4.78 is 11.9. The monoisotopic (exact) mass is 292 g/mol. The lowest BCUT2D eigenvalue weighted by atomic mass is 9.88. The number of rotatable bonds is 2. The molecule has 0 spiro atoms. The van der Waals surface area contributed by atoms with Gasteiger partial charge in [-0.25, -0.2) is 9.98 Å². The van der Waals surface area contributed by atoms with Crippen molar-refractivity contribution in [3.8, 4) is 0 Å². The van der Waals surface area contributed by atoms with Crippen LogP contribution in [-0.2, 0) is 9.47 Å². The van der Waals surface area contributed by atoms with E-state index in [0.717, 1.165) is 24.6 Å². The van der Waals surface area contributed by atoms with Gasteiger partial charge < -0.3 is 9.47 Å². The zero-order valence-electron chi connectivity index (χ0n) is 14.2. The largest absolute Gasteiger partial charge is 0.478 e. The maximum Gasteiger partial charge on any atom is 0.199 e. The van der Waals surface area contributed by atoms with Crippen molar-refractivity contribution in [2.24, 2.45) is 26.2 Å². The van der Waals surface area contributed by atoms with E-state index in [1.807, 2.05) is 0 Å². The van der Waals surface area contributed by atoms with E-state index in [9.17, 15) is 0 Å². The maximum atomic E-state index is 5.94. The van der Waals surface area contributed by atoms with E-state index in [0.29, 0.717) is 13.2 Å². The number of aliphatic imine (C=N–C) groups is 2. The van der Waals surface area contributed by atoms with Crippen LogP contribution in [0.25, 0.3) is 0 Å². The van der Waals surface area contributed by atoms with E-state index < -0.39 is 0 Å². The summed E-state index contributed by atoms with van der Waals surface area (Å²) in [7, 11) is 0. The van der Waals surface area contributed by atoms with Gasteiger partial charge in [0.25, 0.3) is 0 Å². The van der Waals surface area contributed by atoms with Gasteiger partial charge in [0, 0.05) is 0 Å². The Bertz CT molecular complexity index is 448. The molecule has 0 radical (unpaired) electrons. The molecular weight excluding hydrogens is 264 g/mol. The minimum absolute atomic E-state index is 0.139. The molecule has 2 aliphatic heterocycles. The zero-order chi connectivity index (χ0) is 15.5. The average molecular weight is 292 g/mol. The van der Waals surface area contributed by atoms with Crippen molar-refractivity contribution in [3.05, 3.63) is 0 Å². The predicted molar refractivity (Wildman–Crippen MR) is 84.9 cm³/mol. The number of hydrogen-bond donors (Lipinski definition) is 0. The highest BCUT2D eigenvalue weighted by atomic mass is 16.5. The van der Waals surface area contributed by atoms with Crippen molar-refractivity contribution in [1.82, 2.24) is 0 Å². The van der Waals surface area contributed by atoms with Crippen LogP contribution in [0.3, 0.4) is 0 Å². The second-order valence-electron chi connectivity index (χ2n) is 8.84. The molecule has 1 aliphatic carbocycles. The van der Waals surface area contributed by atoms with Crippen molar-refractivity contribution in [3.63, 3.8) is 0 Å². The molecule has 0 aromatic carbocycles. The third-order valence-electron chi connectivity index (χ3n) is 4.87. The smallest absolute Gasteiger partial charge is 0.199 e. The number of nitrogens with zero attached hydrogens (tertiary/aromatic N) is 2. The molecule has 0 aromatic rings. The fraction of sp³-hybridized carbons (Fsp3) is 0.882. The second kappa shape index (κ2) is 4.47. The predicted octanol–water partition coefficient (Wildman–Crippen LogP) is 3.45. The topological polar surface area (TPSA) is 43.2 Å². The van der Waals surface area contributed by atoms with Gasteiger partial charge in [0.15, 0.2) is 11.8 Å². The fourth-order valence-electron chi connectivity index (χ4n) is 2.80. The van der Waals surface area contributed by atoms with Crippen LogP contribution >= 0.6 is 0 Å². The molecule has 2 heterocycles. The van der Waals surface area contributed by atoms with Gasteiger partial charge in [-0.3, -0.25) is 0 Å². The van der Waals surface area contributed by atoms with Crippen LogP contribution < -0.4 is 0 Å². The molecule has 1 fully saturated rings. The highest BCUT2D eigenvalue weighted by Crippen LogP contribution is 2.52. The summed E-state index contributed by atoms with van der Waals surface area (Å²) in [5.41, 5.74) is 0.147. The van der Waals surface area contributed by atoms with Gasteiger partial charge in [0.05, 0.1) is 12.1 Å². The first kappa shape index (κ1) is 14.9. The quantitative estimate of drug-likeness (QED) is 0.782. The van der Waals surface area contributed by atoms with Gasteiger partial charge >= 0.3 is 0 Å². The Morgan fingerprint density at radius 3 is 1.43 bits per heavy atom. The molecule has 0 saturated heterocycles. The van der Waals surface area contributed by atoms with Gasteiger partial charge in [0.1, 0.15) is 18.6 Å². The maximum absolute atomic E-state index is 5.94. The lowest BCUT2D eigenvalue weighted by Crippen LogP contribution is -2.26. The lowest BCUT2D eigenvalue weighted by molar-refractivity contribution is 0.220. The summed E-state index contributed by atoms with van der Waals surface area (Å²) >= 11 is 0. The Kier molecular flexibility index (Phi) is 3.16. The van der Waals surface area contributed by atoms with Crippen LogP contribution in [0.2, 0.25) is 0 Å². The van der Waals surface area contributed by atoms with E-state index in [1.54, 1.807) is 0 Å². The molecule has 4 heteroatoms. The molecule has 1 saturated carbocycles. The van der Waals surface area contributed by atoms with E-state index >= 15 is 0 Å². The summed E-state index contributed by atoms with van der Waals surface area (Å²) in [5.74, 6) is 1.74. The van der Waals surface area contributed by atoms with Crippen molar-refractivity contribution >= 4 is 11.8 Å². The third kappa shape index (κ3) is 2.58. The normalized spacial score (nSPS) is 31.3. The molecule has 0 N–H and O–H groups in total. The van der Waals surface area contributed by atoms with Gasteiger partial charge in [-0.15, -0.1) is 0 Å². The first-order chi connectivity index (χ1) is 9.63. The molecule has 3 aliphatic rings. The molecule has 0 bridgehead atoms. The van der Waals surface area contributed by atoms with Crippen LogP contribution in [-0.4, -0.2) is 37.1 Å². The van der Waals surface area contributed by atoms with Gasteiger partial charge in [-0.05, 0) is 23.7 Å². The molecule has 4 nitrogen and oxygen atoms in total. The van der Waals surface area contributed by atoms with Crippen LogP contribution in [0.5, 0.6) is 0 Å². The van der Waals surface area contributed by atoms with Gasteiger partial charge in [-0.2, -0.15) is 0 Å². The van der Waals surface area contributed by atoms with Gasteiger partial charge in [-0.1, -0.05) is 41.5 Å². The molecule has 3 rings (SSSR count). The lowest BCUT2D eigenvalue weighted by Gasteiger charge is -2.22. The van der Waals surface area contributed by atoms with Crippen LogP contribution in [0.4, 0.5) is 0 Å². The average Bonchev–Trinajstić information content (AvgIpc) is 2.82. The summed E-state index contributed by atoms with van der Waals surface area (Å²) in [6, 6.07) is 0.482. The molecular formula is C17H28N2O2. The molecule has 118 valence electrons. The molecule has 21 heavy (non-hydrogen) atoms. The zero-order valence-corrected chi connectivity index (χ0v) is 14.2. The standard InChI is InChI=1S/C17H28N2O2/c1-15(2,3)11-9-20-13(18-11)17(7-8-17)14-19-12(10-21-14)16(4,5)6/h11-12H,7-10H2,1-6H3/t11-,12-/m1/s1. The van der Waals surface area contributed by atoms with Crippen molar-refractivity contribution in [2.75, 3.05) is 13.2 Å². The SMILES string of the molecule is CC(C)(C)[C@H]1COC(C2(C3=N[C@@H](C(C)(C)C)CO3)CC2)=N1. The van der Waals surface area contributed by atoms with Crippen molar-refractivity contribution in [2.45, 2.75) is 66.5 Å². The first-order valence-corrected chi connectivity index (χ1v) is 8.05. The molecule has 0 aromatic heterocycles. The third-order valence-corrected chi connectivity index (χ3v) is 4.87.